The molecule has 0 radical (unpaired) electrons. The van der Waals surface area contributed by atoms with Crippen molar-refractivity contribution < 1.29 is 9.47 Å². The maximum absolute atomic E-state index is 6.18. The van der Waals surface area contributed by atoms with Crippen LogP contribution in [0.25, 0.3) is 0 Å². The van der Waals surface area contributed by atoms with Crippen LogP contribution >= 0.6 is 0 Å². The second kappa shape index (κ2) is 9.63. The van der Waals surface area contributed by atoms with Crippen molar-refractivity contribution in [3.8, 4) is 11.5 Å². The number of methoxy groups -OCH3 is 1. The largest absolute Gasteiger partial charge is 0.493 e. The number of hydrogen-bond donors (Lipinski definition) is 1. The van der Waals surface area contributed by atoms with Crippen LogP contribution in [0.1, 0.15) is 55.2 Å². The van der Waals surface area contributed by atoms with Gasteiger partial charge in [-0.05, 0) is 31.4 Å². The molecule has 3 rings (SSSR count). The molecule has 1 aliphatic rings. The SMILES string of the molecule is COc1cccc(CNC2CCCCCC2)c1OCc1ccc(C)cc1. The van der Waals surface area contributed by atoms with Crippen LogP contribution < -0.4 is 14.8 Å². The quantitative estimate of drug-likeness (QED) is 0.677. The van der Waals surface area contributed by atoms with Crippen LogP contribution in [0, 0.1) is 6.92 Å². The van der Waals surface area contributed by atoms with E-state index in [9.17, 15) is 0 Å². The Bertz CT molecular complexity index is 673. The van der Waals surface area contributed by atoms with Crippen molar-refractivity contribution in [2.24, 2.45) is 0 Å². The van der Waals surface area contributed by atoms with Crippen molar-refractivity contribution in [3.05, 3.63) is 59.2 Å². The highest BCUT2D eigenvalue weighted by Crippen LogP contribution is 2.32. The molecule has 0 aliphatic heterocycles. The maximum atomic E-state index is 6.18. The van der Waals surface area contributed by atoms with Crippen LogP contribution in [0.5, 0.6) is 11.5 Å². The lowest BCUT2D eigenvalue weighted by Crippen LogP contribution is -2.28. The monoisotopic (exact) mass is 353 g/mol. The standard InChI is InChI=1S/C23H31NO2/c1-18-12-14-19(15-13-18)17-26-23-20(8-7-11-22(23)25-2)16-24-21-9-5-3-4-6-10-21/h7-8,11-15,21,24H,3-6,9-10,16-17H2,1-2H3. The lowest BCUT2D eigenvalue weighted by atomic mass is 10.1. The van der Waals surface area contributed by atoms with Gasteiger partial charge in [-0.15, -0.1) is 0 Å². The highest BCUT2D eigenvalue weighted by molar-refractivity contribution is 5.46. The molecule has 1 N–H and O–H groups in total. The molecule has 0 bridgehead atoms. The molecule has 2 aromatic rings. The molecule has 0 aromatic heterocycles. The van der Waals surface area contributed by atoms with Gasteiger partial charge in [-0.1, -0.05) is 67.6 Å². The van der Waals surface area contributed by atoms with Gasteiger partial charge in [-0.3, -0.25) is 0 Å². The van der Waals surface area contributed by atoms with E-state index >= 15 is 0 Å². The number of hydrogen-bond acceptors (Lipinski definition) is 3. The predicted octanol–water partition coefficient (Wildman–Crippen LogP) is 5.40. The Balaban J connectivity index is 1.67. The minimum atomic E-state index is 0.553. The average Bonchev–Trinajstić information content (AvgIpc) is 2.95. The zero-order valence-electron chi connectivity index (χ0n) is 16.1. The molecule has 1 aliphatic carbocycles. The highest BCUT2D eigenvalue weighted by atomic mass is 16.5. The molecule has 0 saturated heterocycles. The van der Waals surface area contributed by atoms with Crippen LogP contribution in [0.3, 0.4) is 0 Å². The first kappa shape index (κ1) is 18.8. The second-order valence-corrected chi connectivity index (χ2v) is 7.29. The lowest BCUT2D eigenvalue weighted by molar-refractivity contribution is 0.280. The molecule has 0 spiro atoms. The van der Waals surface area contributed by atoms with Crippen LogP contribution in [0.2, 0.25) is 0 Å². The number of nitrogens with one attached hydrogen (secondary N) is 1. The normalized spacial score (nSPS) is 15.5. The summed E-state index contributed by atoms with van der Waals surface area (Å²) in [7, 11) is 1.70. The Morgan fingerprint density at radius 3 is 2.38 bits per heavy atom. The van der Waals surface area contributed by atoms with Gasteiger partial charge in [0.1, 0.15) is 6.61 Å². The highest BCUT2D eigenvalue weighted by Gasteiger charge is 2.15. The minimum absolute atomic E-state index is 0.553. The molecule has 140 valence electrons. The van der Waals surface area contributed by atoms with Gasteiger partial charge in [0.05, 0.1) is 7.11 Å². The van der Waals surface area contributed by atoms with Gasteiger partial charge in [-0.2, -0.15) is 0 Å². The van der Waals surface area contributed by atoms with Crippen molar-refractivity contribution >= 4 is 0 Å². The number of aryl methyl sites for hydroxylation is 1. The Morgan fingerprint density at radius 1 is 0.962 bits per heavy atom. The smallest absolute Gasteiger partial charge is 0.166 e. The fourth-order valence-electron chi connectivity index (χ4n) is 3.60. The summed E-state index contributed by atoms with van der Waals surface area (Å²) in [4.78, 5) is 0. The number of rotatable bonds is 7. The molecule has 3 nitrogen and oxygen atoms in total. The summed E-state index contributed by atoms with van der Waals surface area (Å²) in [6.07, 6.45) is 8.00. The summed E-state index contributed by atoms with van der Waals surface area (Å²) < 4.78 is 11.7. The van der Waals surface area contributed by atoms with Gasteiger partial charge >= 0.3 is 0 Å². The molecule has 1 fully saturated rings. The Kier molecular flexibility index (Phi) is 6.96. The molecule has 0 heterocycles. The lowest BCUT2D eigenvalue weighted by Gasteiger charge is -2.19. The van der Waals surface area contributed by atoms with Gasteiger partial charge in [0, 0.05) is 18.2 Å². The molecule has 2 aromatic carbocycles. The molecule has 3 heteroatoms. The van der Waals surface area contributed by atoms with E-state index in [1.807, 2.05) is 12.1 Å². The van der Waals surface area contributed by atoms with E-state index in [2.05, 4.69) is 42.6 Å². The van der Waals surface area contributed by atoms with Gasteiger partial charge < -0.3 is 14.8 Å². The summed E-state index contributed by atoms with van der Waals surface area (Å²) in [5, 5.41) is 3.74. The summed E-state index contributed by atoms with van der Waals surface area (Å²) in [5.41, 5.74) is 3.60. The Labute approximate surface area is 157 Å². The van der Waals surface area contributed by atoms with Gasteiger partial charge in [0.25, 0.3) is 0 Å². The van der Waals surface area contributed by atoms with E-state index in [1.54, 1.807) is 7.11 Å². The van der Waals surface area contributed by atoms with Crippen LogP contribution in [0.15, 0.2) is 42.5 Å². The topological polar surface area (TPSA) is 30.5 Å². The van der Waals surface area contributed by atoms with E-state index in [4.69, 9.17) is 9.47 Å². The van der Waals surface area contributed by atoms with Crippen LogP contribution in [0.4, 0.5) is 0 Å². The summed E-state index contributed by atoms with van der Waals surface area (Å²) in [6, 6.07) is 15.2. The summed E-state index contributed by atoms with van der Waals surface area (Å²) in [6.45, 7) is 3.48. The molecule has 0 atom stereocenters. The fraction of sp³-hybridized carbons (Fsp3) is 0.478. The Morgan fingerprint density at radius 2 is 1.69 bits per heavy atom. The first-order valence-corrected chi connectivity index (χ1v) is 9.84. The average molecular weight is 354 g/mol. The predicted molar refractivity (Wildman–Crippen MR) is 107 cm³/mol. The fourth-order valence-corrected chi connectivity index (χ4v) is 3.60. The zero-order chi connectivity index (χ0) is 18.2. The van der Waals surface area contributed by atoms with Crippen molar-refractivity contribution in [1.29, 1.82) is 0 Å². The summed E-state index contributed by atoms with van der Waals surface area (Å²) in [5.74, 6) is 1.66. The molecule has 26 heavy (non-hydrogen) atoms. The van der Waals surface area contributed by atoms with Crippen molar-refractivity contribution in [2.45, 2.75) is 64.6 Å². The second-order valence-electron chi connectivity index (χ2n) is 7.29. The van der Waals surface area contributed by atoms with E-state index in [0.717, 1.165) is 18.0 Å². The van der Waals surface area contributed by atoms with Gasteiger partial charge in [0.15, 0.2) is 11.5 Å². The molecular formula is C23H31NO2. The third kappa shape index (κ3) is 5.25. The van der Waals surface area contributed by atoms with E-state index in [-0.39, 0.29) is 0 Å². The zero-order valence-corrected chi connectivity index (χ0v) is 16.1. The van der Waals surface area contributed by atoms with Crippen LogP contribution in [-0.4, -0.2) is 13.2 Å². The van der Waals surface area contributed by atoms with Gasteiger partial charge in [0.2, 0.25) is 0 Å². The van der Waals surface area contributed by atoms with Crippen molar-refractivity contribution in [1.82, 2.24) is 5.32 Å². The maximum Gasteiger partial charge on any atom is 0.166 e. The number of para-hydroxylation sites is 1. The van der Waals surface area contributed by atoms with E-state index in [1.165, 1.54) is 55.2 Å². The third-order valence-corrected chi connectivity index (χ3v) is 5.22. The summed E-state index contributed by atoms with van der Waals surface area (Å²) >= 11 is 0. The first-order valence-electron chi connectivity index (χ1n) is 9.84. The Hall–Kier alpha value is -2.00. The van der Waals surface area contributed by atoms with Crippen molar-refractivity contribution in [3.63, 3.8) is 0 Å². The van der Waals surface area contributed by atoms with Crippen molar-refractivity contribution in [2.75, 3.05) is 7.11 Å². The first-order chi connectivity index (χ1) is 12.8. The molecular weight excluding hydrogens is 322 g/mol. The molecule has 0 unspecified atom stereocenters. The molecule has 1 saturated carbocycles. The number of ether oxygens (including phenoxy) is 2. The van der Waals surface area contributed by atoms with E-state index in [0.29, 0.717) is 12.6 Å². The third-order valence-electron chi connectivity index (χ3n) is 5.22. The minimum Gasteiger partial charge on any atom is -0.493 e. The molecule has 0 amide bonds. The van der Waals surface area contributed by atoms with E-state index < -0.39 is 0 Å². The van der Waals surface area contributed by atoms with Gasteiger partial charge in [-0.25, -0.2) is 0 Å². The number of benzene rings is 2. The van der Waals surface area contributed by atoms with Crippen LogP contribution in [-0.2, 0) is 13.2 Å².